The van der Waals surface area contributed by atoms with Crippen LogP contribution in [0.4, 0.5) is 0 Å². The number of amides is 1. The lowest BCUT2D eigenvalue weighted by Gasteiger charge is -2.26. The summed E-state index contributed by atoms with van der Waals surface area (Å²) < 4.78 is 10.7. The second kappa shape index (κ2) is 7.90. The SMILES string of the molecule is COCC(=O)NCC1CCC(c2nnc(-c3ccc(C)s3)o2)CC1. The lowest BCUT2D eigenvalue weighted by Crippen LogP contribution is -2.33. The molecule has 0 saturated heterocycles. The van der Waals surface area contributed by atoms with Crippen LogP contribution in [0.2, 0.25) is 0 Å². The van der Waals surface area contributed by atoms with Gasteiger partial charge in [0.1, 0.15) is 6.61 Å². The third-order valence-corrected chi connectivity index (χ3v) is 5.44. The Hall–Kier alpha value is -1.73. The van der Waals surface area contributed by atoms with E-state index in [1.165, 1.54) is 12.0 Å². The number of carbonyl (C=O) groups excluding carboxylic acids is 1. The van der Waals surface area contributed by atoms with Gasteiger partial charge in [0, 0.05) is 24.4 Å². The van der Waals surface area contributed by atoms with Gasteiger partial charge in [-0.15, -0.1) is 21.5 Å². The minimum Gasteiger partial charge on any atom is -0.420 e. The number of aryl methyl sites for hydroxylation is 1. The number of ether oxygens (including phenoxy) is 1. The van der Waals surface area contributed by atoms with E-state index in [2.05, 4.69) is 28.5 Å². The van der Waals surface area contributed by atoms with E-state index in [1.807, 2.05) is 6.07 Å². The maximum absolute atomic E-state index is 11.4. The summed E-state index contributed by atoms with van der Waals surface area (Å²) in [5.74, 6) is 2.17. The average Bonchev–Trinajstić information content (AvgIpc) is 3.23. The quantitative estimate of drug-likeness (QED) is 0.867. The number of thiophene rings is 1. The number of hydrogen-bond acceptors (Lipinski definition) is 6. The molecule has 1 amide bonds. The number of nitrogens with one attached hydrogen (secondary N) is 1. The molecule has 1 fully saturated rings. The van der Waals surface area contributed by atoms with Crippen LogP contribution in [0.5, 0.6) is 0 Å². The van der Waals surface area contributed by atoms with Crippen molar-refractivity contribution in [2.45, 2.75) is 38.5 Å². The Morgan fingerprint density at radius 1 is 1.33 bits per heavy atom. The fourth-order valence-electron chi connectivity index (χ4n) is 3.10. The molecule has 0 aromatic carbocycles. The van der Waals surface area contributed by atoms with Crippen molar-refractivity contribution < 1.29 is 13.9 Å². The van der Waals surface area contributed by atoms with Gasteiger partial charge >= 0.3 is 0 Å². The van der Waals surface area contributed by atoms with Gasteiger partial charge in [0.25, 0.3) is 5.89 Å². The molecule has 0 radical (unpaired) electrons. The molecule has 0 unspecified atom stereocenters. The number of carbonyl (C=O) groups is 1. The highest BCUT2D eigenvalue weighted by Crippen LogP contribution is 2.36. The second-order valence-corrected chi connectivity index (χ2v) is 7.60. The molecular weight excluding hydrogens is 326 g/mol. The predicted molar refractivity (Wildman–Crippen MR) is 91.9 cm³/mol. The summed E-state index contributed by atoms with van der Waals surface area (Å²) in [4.78, 5) is 13.7. The Morgan fingerprint density at radius 2 is 2.12 bits per heavy atom. The molecule has 0 spiro atoms. The van der Waals surface area contributed by atoms with Crippen molar-refractivity contribution in [3.63, 3.8) is 0 Å². The number of nitrogens with zero attached hydrogens (tertiary/aromatic N) is 2. The van der Waals surface area contributed by atoms with Crippen LogP contribution < -0.4 is 5.32 Å². The van der Waals surface area contributed by atoms with E-state index >= 15 is 0 Å². The number of aromatic nitrogens is 2. The van der Waals surface area contributed by atoms with Crippen molar-refractivity contribution in [2.75, 3.05) is 20.3 Å². The van der Waals surface area contributed by atoms with Crippen LogP contribution in [-0.4, -0.2) is 36.4 Å². The van der Waals surface area contributed by atoms with Crippen molar-refractivity contribution in [1.82, 2.24) is 15.5 Å². The lowest BCUT2D eigenvalue weighted by atomic mass is 9.82. The first-order valence-electron chi connectivity index (χ1n) is 8.31. The number of rotatable bonds is 6. The molecule has 1 aliphatic carbocycles. The molecule has 2 aromatic rings. The first kappa shape index (κ1) is 17.1. The number of methoxy groups -OCH3 is 1. The molecule has 3 rings (SSSR count). The zero-order valence-electron chi connectivity index (χ0n) is 14.1. The summed E-state index contributed by atoms with van der Waals surface area (Å²) in [5, 5.41) is 11.4. The molecular formula is C17H23N3O3S. The van der Waals surface area contributed by atoms with E-state index in [1.54, 1.807) is 11.3 Å². The van der Waals surface area contributed by atoms with Gasteiger partial charge in [0.05, 0.1) is 4.88 Å². The van der Waals surface area contributed by atoms with Crippen LogP contribution in [0.3, 0.4) is 0 Å². The normalized spacial score (nSPS) is 20.9. The van der Waals surface area contributed by atoms with Crippen molar-refractivity contribution in [3.05, 3.63) is 22.9 Å². The first-order valence-corrected chi connectivity index (χ1v) is 9.13. The van der Waals surface area contributed by atoms with Crippen LogP contribution in [0.15, 0.2) is 16.5 Å². The molecule has 1 saturated carbocycles. The van der Waals surface area contributed by atoms with Crippen molar-refractivity contribution >= 4 is 17.2 Å². The lowest BCUT2D eigenvalue weighted by molar-refractivity contribution is -0.124. The standard InChI is InChI=1S/C17H23N3O3S/c1-11-3-8-14(24-11)17-20-19-16(23-17)13-6-4-12(5-7-13)9-18-15(21)10-22-2/h3,8,12-13H,4-7,9-10H2,1-2H3,(H,18,21). The Bertz CT molecular complexity index is 674. The molecule has 1 N–H and O–H groups in total. The maximum Gasteiger partial charge on any atom is 0.257 e. The maximum atomic E-state index is 11.4. The monoisotopic (exact) mass is 349 g/mol. The van der Waals surface area contributed by atoms with E-state index < -0.39 is 0 Å². The smallest absolute Gasteiger partial charge is 0.257 e. The summed E-state index contributed by atoms with van der Waals surface area (Å²) in [6.07, 6.45) is 4.17. The minimum absolute atomic E-state index is 0.0487. The molecule has 24 heavy (non-hydrogen) atoms. The highest BCUT2D eigenvalue weighted by atomic mass is 32.1. The fraction of sp³-hybridized carbons (Fsp3) is 0.588. The fourth-order valence-corrected chi connectivity index (χ4v) is 3.89. The molecule has 0 aliphatic heterocycles. The third-order valence-electron chi connectivity index (χ3n) is 4.45. The Kier molecular flexibility index (Phi) is 5.63. The summed E-state index contributed by atoms with van der Waals surface area (Å²) >= 11 is 1.67. The zero-order chi connectivity index (χ0) is 16.9. The highest BCUT2D eigenvalue weighted by molar-refractivity contribution is 7.15. The van der Waals surface area contributed by atoms with Crippen LogP contribution in [0, 0.1) is 12.8 Å². The van der Waals surface area contributed by atoms with E-state index in [4.69, 9.17) is 9.15 Å². The van der Waals surface area contributed by atoms with E-state index in [0.29, 0.717) is 17.7 Å². The van der Waals surface area contributed by atoms with Gasteiger partial charge in [0.15, 0.2) is 0 Å². The summed E-state index contributed by atoms with van der Waals surface area (Å²) in [5.41, 5.74) is 0. The van der Waals surface area contributed by atoms with Gasteiger partial charge in [-0.1, -0.05) is 0 Å². The van der Waals surface area contributed by atoms with Crippen LogP contribution in [0.1, 0.15) is 42.4 Å². The van der Waals surface area contributed by atoms with Crippen molar-refractivity contribution in [3.8, 4) is 10.8 Å². The molecule has 2 aromatic heterocycles. The predicted octanol–water partition coefficient (Wildman–Crippen LogP) is 3.14. The van der Waals surface area contributed by atoms with Crippen LogP contribution in [-0.2, 0) is 9.53 Å². The largest absolute Gasteiger partial charge is 0.420 e. The number of hydrogen-bond donors (Lipinski definition) is 1. The Morgan fingerprint density at radius 3 is 2.79 bits per heavy atom. The third kappa shape index (κ3) is 4.21. The van der Waals surface area contributed by atoms with Crippen LogP contribution in [0.25, 0.3) is 10.8 Å². The second-order valence-electron chi connectivity index (χ2n) is 6.31. The zero-order valence-corrected chi connectivity index (χ0v) is 14.9. The molecule has 6 nitrogen and oxygen atoms in total. The van der Waals surface area contributed by atoms with Gasteiger partial charge in [-0.2, -0.15) is 0 Å². The average molecular weight is 349 g/mol. The van der Waals surface area contributed by atoms with Gasteiger partial charge in [0.2, 0.25) is 11.8 Å². The first-order chi connectivity index (χ1) is 11.7. The Balaban J connectivity index is 1.50. The van der Waals surface area contributed by atoms with Crippen molar-refractivity contribution in [2.24, 2.45) is 5.92 Å². The summed E-state index contributed by atoms with van der Waals surface area (Å²) in [6, 6.07) is 4.09. The van der Waals surface area contributed by atoms with Gasteiger partial charge in [-0.05, 0) is 50.7 Å². The molecule has 7 heteroatoms. The van der Waals surface area contributed by atoms with Gasteiger partial charge in [-0.25, -0.2) is 0 Å². The molecule has 0 bridgehead atoms. The minimum atomic E-state index is -0.0487. The summed E-state index contributed by atoms with van der Waals surface area (Å²) in [6.45, 7) is 2.92. The van der Waals surface area contributed by atoms with E-state index in [-0.39, 0.29) is 12.5 Å². The van der Waals surface area contributed by atoms with Gasteiger partial charge < -0.3 is 14.5 Å². The molecule has 1 aliphatic rings. The molecule has 2 heterocycles. The molecule has 130 valence electrons. The Labute approximate surface area is 145 Å². The van der Waals surface area contributed by atoms with Crippen molar-refractivity contribution in [1.29, 1.82) is 0 Å². The van der Waals surface area contributed by atoms with Crippen LogP contribution >= 0.6 is 11.3 Å². The topological polar surface area (TPSA) is 77.2 Å². The van der Waals surface area contributed by atoms with Gasteiger partial charge in [-0.3, -0.25) is 4.79 Å². The van der Waals surface area contributed by atoms with E-state index in [9.17, 15) is 4.79 Å². The van der Waals surface area contributed by atoms with E-state index in [0.717, 1.165) is 43.0 Å². The molecule has 0 atom stereocenters. The highest BCUT2D eigenvalue weighted by Gasteiger charge is 2.26. The summed E-state index contributed by atoms with van der Waals surface area (Å²) in [7, 11) is 1.53.